The summed E-state index contributed by atoms with van der Waals surface area (Å²) < 4.78 is 11.0. The molecule has 5 aliphatic heterocycles. The summed E-state index contributed by atoms with van der Waals surface area (Å²) in [6.07, 6.45) is 0. The highest BCUT2D eigenvalue weighted by Gasteiger charge is 2.44. The molecule has 112 valence electrons. The molecule has 6 nitrogen and oxygen atoms in total. The second-order valence-corrected chi connectivity index (χ2v) is 7.56. The van der Waals surface area contributed by atoms with Crippen molar-refractivity contribution in [3.8, 4) is 0 Å². The second kappa shape index (κ2) is 4.91. The van der Waals surface area contributed by atoms with Crippen molar-refractivity contribution in [1.82, 2.24) is 10.2 Å². The Labute approximate surface area is 131 Å². The lowest BCUT2D eigenvalue weighted by Gasteiger charge is -2.23. The third-order valence-electron chi connectivity index (χ3n) is 4.44. The lowest BCUT2D eigenvalue weighted by atomic mass is 10.2. The van der Waals surface area contributed by atoms with Gasteiger partial charge in [0.2, 0.25) is 0 Å². The van der Waals surface area contributed by atoms with Crippen molar-refractivity contribution in [1.29, 1.82) is 0 Å². The van der Waals surface area contributed by atoms with Crippen LogP contribution in [0.4, 0.5) is 0 Å². The first-order valence-corrected chi connectivity index (χ1v) is 9.10. The Bertz CT molecular complexity index is 564. The van der Waals surface area contributed by atoms with Gasteiger partial charge in [-0.3, -0.25) is 9.98 Å². The molecular weight excluding hydrogens is 308 g/mol. The first-order valence-electron chi connectivity index (χ1n) is 7.24. The Morgan fingerprint density at radius 3 is 3.10 bits per heavy atom. The fraction of sp³-hybridized carbons (Fsp3) is 0.692. The second-order valence-electron chi connectivity index (χ2n) is 5.76. The van der Waals surface area contributed by atoms with Crippen LogP contribution in [0.25, 0.3) is 0 Å². The number of nitrogens with zero attached hydrogens (tertiary/aromatic N) is 3. The molecule has 0 aliphatic carbocycles. The smallest absolute Gasteiger partial charge is 0.168 e. The van der Waals surface area contributed by atoms with Gasteiger partial charge in [0.05, 0.1) is 50.6 Å². The summed E-state index contributed by atoms with van der Waals surface area (Å²) in [5.41, 5.74) is 1.33. The van der Waals surface area contributed by atoms with Gasteiger partial charge >= 0.3 is 0 Å². The monoisotopic (exact) mass is 324 g/mol. The van der Waals surface area contributed by atoms with Crippen molar-refractivity contribution in [2.45, 2.75) is 24.2 Å². The van der Waals surface area contributed by atoms with Crippen molar-refractivity contribution in [3.05, 3.63) is 11.1 Å². The van der Waals surface area contributed by atoms with Gasteiger partial charge < -0.3 is 19.7 Å². The van der Waals surface area contributed by atoms with Gasteiger partial charge in [0.1, 0.15) is 0 Å². The zero-order valence-electron chi connectivity index (χ0n) is 11.4. The molecule has 8 heteroatoms. The minimum absolute atomic E-state index is 0.316. The van der Waals surface area contributed by atoms with Crippen LogP contribution in [0.15, 0.2) is 21.1 Å². The minimum atomic E-state index is 0.316. The molecule has 0 saturated carbocycles. The molecule has 5 aliphatic rings. The fourth-order valence-electron chi connectivity index (χ4n) is 3.33. The van der Waals surface area contributed by atoms with Gasteiger partial charge in [0.25, 0.3) is 0 Å². The summed E-state index contributed by atoms with van der Waals surface area (Å²) in [6, 6.07) is 1.44. The van der Waals surface area contributed by atoms with Crippen LogP contribution in [0.5, 0.6) is 0 Å². The molecule has 2 saturated heterocycles. The molecule has 0 amide bonds. The van der Waals surface area contributed by atoms with Gasteiger partial charge in [-0.05, 0) is 5.41 Å². The van der Waals surface area contributed by atoms with E-state index >= 15 is 0 Å². The normalized spacial score (nSPS) is 39.6. The van der Waals surface area contributed by atoms with E-state index in [0.717, 1.165) is 42.5 Å². The molecule has 0 spiro atoms. The average Bonchev–Trinajstić information content (AvgIpc) is 3.20. The van der Waals surface area contributed by atoms with Crippen LogP contribution in [0, 0.1) is 0 Å². The zero-order chi connectivity index (χ0) is 13.8. The van der Waals surface area contributed by atoms with Crippen LogP contribution in [0.1, 0.15) is 0 Å². The van der Waals surface area contributed by atoms with E-state index < -0.39 is 0 Å². The van der Waals surface area contributed by atoms with Gasteiger partial charge in [-0.25, -0.2) is 0 Å². The molecule has 5 heterocycles. The van der Waals surface area contributed by atoms with Gasteiger partial charge in [-0.15, -0.1) is 0 Å². The molecule has 21 heavy (non-hydrogen) atoms. The molecule has 0 aromatic heterocycles. The van der Waals surface area contributed by atoms with Crippen molar-refractivity contribution < 1.29 is 9.47 Å². The number of aliphatic imine (C=N–C) groups is 2. The summed E-state index contributed by atoms with van der Waals surface area (Å²) in [6.45, 7) is 3.09. The Kier molecular flexibility index (Phi) is 2.99. The quantitative estimate of drug-likeness (QED) is 0.797. The number of ether oxygens (including phenoxy) is 2. The number of thioether (sulfide) groups is 2. The molecule has 0 unspecified atom stereocenters. The van der Waals surface area contributed by atoms with Gasteiger partial charge in [-0.1, -0.05) is 23.5 Å². The molecule has 0 radical (unpaired) electrons. The molecule has 0 aromatic carbocycles. The highest BCUT2D eigenvalue weighted by molar-refractivity contribution is 8.17. The largest absolute Gasteiger partial charge is 0.377 e. The van der Waals surface area contributed by atoms with Crippen molar-refractivity contribution in [3.63, 3.8) is 0 Å². The average molecular weight is 324 g/mol. The van der Waals surface area contributed by atoms with E-state index in [-0.39, 0.29) is 0 Å². The van der Waals surface area contributed by atoms with Crippen molar-refractivity contribution >= 4 is 33.9 Å². The van der Waals surface area contributed by atoms with E-state index in [9.17, 15) is 0 Å². The van der Waals surface area contributed by atoms with Crippen molar-refractivity contribution in [2.24, 2.45) is 9.98 Å². The first kappa shape index (κ1) is 12.8. The van der Waals surface area contributed by atoms with E-state index in [1.165, 1.54) is 5.70 Å². The first-order chi connectivity index (χ1) is 10.4. The Hall–Kier alpha value is -0.700. The van der Waals surface area contributed by atoms with Crippen LogP contribution in [0.3, 0.4) is 0 Å². The molecule has 2 fully saturated rings. The number of hydrogen-bond donors (Lipinski definition) is 1. The number of nitrogens with one attached hydrogen (secondary N) is 1. The highest BCUT2D eigenvalue weighted by Crippen LogP contribution is 2.38. The van der Waals surface area contributed by atoms with Crippen LogP contribution in [-0.4, -0.2) is 71.6 Å². The number of amidine groups is 2. The van der Waals surface area contributed by atoms with Gasteiger partial charge in [0, 0.05) is 11.4 Å². The molecule has 0 bridgehead atoms. The highest BCUT2D eigenvalue weighted by atomic mass is 32.2. The van der Waals surface area contributed by atoms with E-state index in [1.54, 1.807) is 23.5 Å². The molecular formula is C13H16N4O2S2. The summed E-state index contributed by atoms with van der Waals surface area (Å²) in [7, 11) is 0. The SMILES string of the molecule is C1=C(CSC2=N[C@H]3COC[C@H]3N2)N2C(=N[C@H]3COC[C@@H]32)S1. The summed E-state index contributed by atoms with van der Waals surface area (Å²) in [4.78, 5) is 11.8. The fourth-order valence-corrected chi connectivity index (χ4v) is 5.39. The summed E-state index contributed by atoms with van der Waals surface area (Å²) in [5, 5.41) is 7.89. The molecule has 4 atom stereocenters. The lowest BCUT2D eigenvalue weighted by Crippen LogP contribution is -2.37. The minimum Gasteiger partial charge on any atom is -0.377 e. The number of rotatable bonds is 2. The van der Waals surface area contributed by atoms with Gasteiger partial charge in [-0.2, -0.15) is 0 Å². The van der Waals surface area contributed by atoms with E-state index in [0.29, 0.717) is 24.2 Å². The van der Waals surface area contributed by atoms with Crippen LogP contribution in [-0.2, 0) is 9.47 Å². The Morgan fingerprint density at radius 2 is 2.14 bits per heavy atom. The third-order valence-corrected chi connectivity index (χ3v) is 6.28. The van der Waals surface area contributed by atoms with Crippen LogP contribution < -0.4 is 5.32 Å². The standard InChI is InChI=1S/C13H16N4O2S2/c1-8-9(2-18-1)15-12(14-8)20-5-7-6-21-13-16-10-3-19-4-11(10)17(7)13/h6,8-11H,1-5H2,(H,14,15)/t8-,9+,10-,11-/m0/s1. The predicted octanol–water partition coefficient (Wildman–Crippen LogP) is 0.473. The number of fused-ring (bicyclic) bond motifs is 4. The topological polar surface area (TPSA) is 58.5 Å². The number of hydrogen-bond acceptors (Lipinski definition) is 8. The van der Waals surface area contributed by atoms with Crippen LogP contribution in [0.2, 0.25) is 0 Å². The Balaban J connectivity index is 1.25. The molecule has 1 N–H and O–H groups in total. The van der Waals surface area contributed by atoms with E-state index in [4.69, 9.17) is 19.5 Å². The van der Waals surface area contributed by atoms with Crippen molar-refractivity contribution in [2.75, 3.05) is 32.2 Å². The van der Waals surface area contributed by atoms with Gasteiger partial charge in [0.15, 0.2) is 10.3 Å². The third kappa shape index (κ3) is 2.03. The van der Waals surface area contributed by atoms with E-state index in [2.05, 4.69) is 15.6 Å². The maximum Gasteiger partial charge on any atom is 0.168 e. The zero-order valence-corrected chi connectivity index (χ0v) is 13.0. The summed E-state index contributed by atoms with van der Waals surface area (Å²) >= 11 is 3.53. The lowest BCUT2D eigenvalue weighted by molar-refractivity contribution is 0.178. The van der Waals surface area contributed by atoms with E-state index in [1.807, 2.05) is 0 Å². The summed E-state index contributed by atoms with van der Waals surface area (Å²) in [5.74, 6) is 0.932. The molecule has 0 aromatic rings. The maximum absolute atomic E-state index is 5.55. The maximum atomic E-state index is 5.55. The predicted molar refractivity (Wildman–Crippen MR) is 84.8 cm³/mol. The van der Waals surface area contributed by atoms with Crippen LogP contribution >= 0.6 is 23.5 Å². The Morgan fingerprint density at radius 1 is 1.24 bits per heavy atom. The molecule has 5 rings (SSSR count).